The second-order valence-corrected chi connectivity index (χ2v) is 5.66. The summed E-state index contributed by atoms with van der Waals surface area (Å²) >= 11 is 0.669. The first-order valence-electron chi connectivity index (χ1n) is 6.65. The van der Waals surface area contributed by atoms with Crippen LogP contribution in [0.25, 0.3) is 0 Å². The Morgan fingerprint density at radius 1 is 1.38 bits per heavy atom. The molecule has 4 nitrogen and oxygen atoms in total. The Labute approximate surface area is 125 Å². The zero-order valence-corrected chi connectivity index (χ0v) is 12.8. The van der Waals surface area contributed by atoms with Gasteiger partial charge < -0.3 is 5.32 Å². The minimum absolute atomic E-state index is 0.332. The number of halogens is 3. The lowest BCUT2D eigenvalue weighted by Gasteiger charge is -2.16. The van der Waals surface area contributed by atoms with E-state index in [-0.39, 0.29) is 6.04 Å². The highest BCUT2D eigenvalue weighted by Crippen LogP contribution is 2.36. The van der Waals surface area contributed by atoms with Gasteiger partial charge in [0.2, 0.25) is 0 Å². The van der Waals surface area contributed by atoms with Crippen LogP contribution in [0.1, 0.15) is 41.2 Å². The third-order valence-electron chi connectivity index (χ3n) is 3.08. The van der Waals surface area contributed by atoms with E-state index in [0.29, 0.717) is 22.8 Å². The van der Waals surface area contributed by atoms with Gasteiger partial charge in [0.15, 0.2) is 5.01 Å². The third-order valence-corrected chi connectivity index (χ3v) is 4.19. The average Bonchev–Trinajstić information content (AvgIpc) is 3.02. The van der Waals surface area contributed by atoms with Crippen molar-refractivity contribution in [3.05, 3.63) is 33.5 Å². The largest absolute Gasteiger partial charge is 0.443 e. The first-order chi connectivity index (χ1) is 9.86. The normalized spacial score (nSPS) is 13.6. The molecule has 0 bridgehead atoms. The van der Waals surface area contributed by atoms with Crippen LogP contribution in [-0.2, 0) is 19.6 Å². The second kappa shape index (κ2) is 6.15. The molecule has 21 heavy (non-hydrogen) atoms. The quantitative estimate of drug-likeness (QED) is 0.921. The van der Waals surface area contributed by atoms with E-state index in [2.05, 4.69) is 15.4 Å². The Balaban J connectivity index is 2.38. The van der Waals surface area contributed by atoms with Crippen LogP contribution < -0.4 is 5.32 Å². The molecule has 0 spiro atoms. The fraction of sp³-hybridized carbons (Fsp3) is 0.538. The number of aromatic nitrogens is 3. The number of thiazole rings is 1. The van der Waals surface area contributed by atoms with Crippen molar-refractivity contribution in [3.8, 4) is 0 Å². The molecule has 1 atom stereocenters. The van der Waals surface area contributed by atoms with Gasteiger partial charge in [-0.15, -0.1) is 11.3 Å². The molecule has 0 aliphatic heterocycles. The molecule has 0 radical (unpaired) electrons. The molecule has 0 aromatic carbocycles. The maximum atomic E-state index is 12.7. The maximum absolute atomic E-state index is 12.7. The third kappa shape index (κ3) is 3.44. The van der Waals surface area contributed by atoms with Crippen molar-refractivity contribution in [2.75, 3.05) is 6.54 Å². The molecule has 8 heteroatoms. The lowest BCUT2D eigenvalue weighted by atomic mass is 10.1. The van der Waals surface area contributed by atoms with E-state index in [4.69, 9.17) is 0 Å². The Morgan fingerprint density at radius 2 is 2.10 bits per heavy atom. The molecule has 0 aliphatic carbocycles. The van der Waals surface area contributed by atoms with E-state index in [1.807, 2.05) is 19.9 Å². The average molecular weight is 318 g/mol. The smallest absolute Gasteiger partial charge is 0.305 e. The Morgan fingerprint density at radius 3 is 2.57 bits per heavy atom. The summed E-state index contributed by atoms with van der Waals surface area (Å²) in [7, 11) is 1.80. The monoisotopic (exact) mass is 318 g/mol. The van der Waals surface area contributed by atoms with Crippen LogP contribution in [0.3, 0.4) is 0 Å². The summed E-state index contributed by atoms with van der Waals surface area (Å²) in [6.07, 6.45) is -2.33. The number of nitrogens with zero attached hydrogens (tertiary/aromatic N) is 3. The van der Waals surface area contributed by atoms with Gasteiger partial charge in [0.05, 0.1) is 17.4 Å². The van der Waals surface area contributed by atoms with E-state index in [0.717, 1.165) is 17.8 Å². The SMILES string of the molecule is CCNC(c1cnc(C(F)(F)F)s1)c1cc(CC)nn1C. The Kier molecular flexibility index (Phi) is 4.67. The van der Waals surface area contributed by atoms with Crippen molar-refractivity contribution >= 4 is 11.3 Å². The number of aryl methyl sites for hydroxylation is 2. The van der Waals surface area contributed by atoms with Crippen LogP contribution in [-0.4, -0.2) is 21.3 Å². The predicted octanol–water partition coefficient (Wildman–Crippen LogP) is 3.16. The standard InChI is InChI=1S/C13H17F3N4S/c1-4-8-6-9(20(3)19-8)11(17-5-2)10-7-18-12(21-10)13(14,15)16/h6-7,11,17H,4-5H2,1-3H3. The molecular weight excluding hydrogens is 301 g/mol. The number of nitrogens with one attached hydrogen (secondary N) is 1. The molecule has 2 heterocycles. The van der Waals surface area contributed by atoms with Gasteiger partial charge in [0.25, 0.3) is 0 Å². The van der Waals surface area contributed by atoms with E-state index < -0.39 is 11.2 Å². The lowest BCUT2D eigenvalue weighted by Crippen LogP contribution is -2.23. The second-order valence-electron chi connectivity index (χ2n) is 4.59. The van der Waals surface area contributed by atoms with E-state index in [1.54, 1.807) is 11.7 Å². The zero-order valence-electron chi connectivity index (χ0n) is 12.0. The highest BCUT2D eigenvalue weighted by Gasteiger charge is 2.35. The van der Waals surface area contributed by atoms with Crippen molar-refractivity contribution in [1.29, 1.82) is 0 Å². The summed E-state index contributed by atoms with van der Waals surface area (Å²) in [4.78, 5) is 4.03. The highest BCUT2D eigenvalue weighted by atomic mass is 32.1. The zero-order chi connectivity index (χ0) is 15.6. The minimum atomic E-state index is -4.40. The lowest BCUT2D eigenvalue weighted by molar-refractivity contribution is -0.137. The summed E-state index contributed by atoms with van der Waals surface area (Å²) in [5.41, 5.74) is 1.75. The van der Waals surface area contributed by atoms with Crippen molar-refractivity contribution in [2.24, 2.45) is 7.05 Å². The molecule has 0 aliphatic rings. The number of hydrogen-bond acceptors (Lipinski definition) is 4. The first kappa shape index (κ1) is 16.0. The molecule has 116 valence electrons. The highest BCUT2D eigenvalue weighted by molar-refractivity contribution is 7.11. The fourth-order valence-electron chi connectivity index (χ4n) is 2.09. The van der Waals surface area contributed by atoms with Gasteiger partial charge in [0.1, 0.15) is 0 Å². The van der Waals surface area contributed by atoms with Gasteiger partial charge in [-0.1, -0.05) is 13.8 Å². The molecule has 2 aromatic heterocycles. The molecule has 0 amide bonds. The molecule has 0 fully saturated rings. The summed E-state index contributed by atoms with van der Waals surface area (Å²) < 4.78 is 39.8. The molecule has 2 aromatic rings. The van der Waals surface area contributed by atoms with E-state index in [1.165, 1.54) is 6.20 Å². The van der Waals surface area contributed by atoms with Crippen molar-refractivity contribution in [3.63, 3.8) is 0 Å². The van der Waals surface area contributed by atoms with Crippen molar-refractivity contribution < 1.29 is 13.2 Å². The fourth-order valence-corrected chi connectivity index (χ4v) is 2.96. The molecular formula is C13H17F3N4S. The predicted molar refractivity (Wildman–Crippen MR) is 75.2 cm³/mol. The molecule has 1 unspecified atom stereocenters. The summed E-state index contributed by atoms with van der Waals surface area (Å²) in [5, 5.41) is 6.73. The van der Waals surface area contributed by atoms with Crippen LogP contribution in [0.5, 0.6) is 0 Å². The number of hydrogen-bond donors (Lipinski definition) is 1. The number of alkyl halides is 3. The van der Waals surface area contributed by atoms with Gasteiger partial charge >= 0.3 is 6.18 Å². The van der Waals surface area contributed by atoms with Crippen LogP contribution >= 0.6 is 11.3 Å². The van der Waals surface area contributed by atoms with Crippen LogP contribution in [0, 0.1) is 0 Å². The van der Waals surface area contributed by atoms with Crippen LogP contribution in [0.15, 0.2) is 12.3 Å². The minimum Gasteiger partial charge on any atom is -0.305 e. The first-order valence-corrected chi connectivity index (χ1v) is 7.47. The summed E-state index contributed by atoms with van der Waals surface area (Å²) in [6.45, 7) is 4.54. The Hall–Kier alpha value is -1.41. The molecule has 1 N–H and O–H groups in total. The topological polar surface area (TPSA) is 42.7 Å². The van der Waals surface area contributed by atoms with Gasteiger partial charge in [-0.3, -0.25) is 4.68 Å². The van der Waals surface area contributed by atoms with Crippen LogP contribution in [0.4, 0.5) is 13.2 Å². The van der Waals surface area contributed by atoms with Crippen molar-refractivity contribution in [2.45, 2.75) is 32.5 Å². The van der Waals surface area contributed by atoms with Crippen molar-refractivity contribution in [1.82, 2.24) is 20.1 Å². The molecule has 2 rings (SSSR count). The molecule has 0 saturated heterocycles. The van der Waals surface area contributed by atoms with E-state index in [9.17, 15) is 13.2 Å². The van der Waals surface area contributed by atoms with Crippen LogP contribution in [0.2, 0.25) is 0 Å². The summed E-state index contributed by atoms with van der Waals surface area (Å²) in [6, 6.07) is 1.58. The number of rotatable bonds is 5. The molecule has 0 saturated carbocycles. The summed E-state index contributed by atoms with van der Waals surface area (Å²) in [5.74, 6) is 0. The Bertz CT molecular complexity index is 603. The van der Waals surface area contributed by atoms with E-state index >= 15 is 0 Å². The van der Waals surface area contributed by atoms with Gasteiger partial charge in [-0.2, -0.15) is 18.3 Å². The van der Waals surface area contributed by atoms with Gasteiger partial charge in [0, 0.05) is 18.1 Å². The van der Waals surface area contributed by atoms with Gasteiger partial charge in [-0.25, -0.2) is 4.98 Å². The van der Waals surface area contributed by atoms with Gasteiger partial charge in [-0.05, 0) is 19.0 Å². The maximum Gasteiger partial charge on any atom is 0.443 e.